The van der Waals surface area contributed by atoms with Gasteiger partial charge in [-0.25, -0.2) is 0 Å². The van der Waals surface area contributed by atoms with E-state index in [0.717, 1.165) is 12.8 Å². The highest BCUT2D eigenvalue weighted by molar-refractivity contribution is 5.66. The van der Waals surface area contributed by atoms with E-state index in [4.69, 9.17) is 9.47 Å². The van der Waals surface area contributed by atoms with E-state index in [1.54, 1.807) is 0 Å². The zero-order chi connectivity index (χ0) is 11.7. The smallest absolute Gasteiger partial charge is 0.303 e. The van der Waals surface area contributed by atoms with Crippen molar-refractivity contribution in [2.45, 2.75) is 57.8 Å². The van der Waals surface area contributed by atoms with Crippen LogP contribution in [0, 0.1) is 0 Å². The zero-order valence-electron chi connectivity index (χ0n) is 10.0. The van der Waals surface area contributed by atoms with Crippen LogP contribution < -0.4 is 0 Å². The summed E-state index contributed by atoms with van der Waals surface area (Å²) >= 11 is 0. The van der Waals surface area contributed by atoms with Gasteiger partial charge in [-0.3, -0.25) is 4.79 Å². The molecule has 0 aromatic rings. The Balaban J connectivity index is 2.74. The molecule has 1 heterocycles. The van der Waals surface area contributed by atoms with Gasteiger partial charge in [-0.1, -0.05) is 6.08 Å². The molecule has 86 valence electrons. The van der Waals surface area contributed by atoms with Crippen LogP contribution in [0.1, 0.15) is 40.5 Å². The Hall–Kier alpha value is -0.830. The van der Waals surface area contributed by atoms with Crippen molar-refractivity contribution in [3.63, 3.8) is 0 Å². The van der Waals surface area contributed by atoms with Gasteiger partial charge in [0.15, 0.2) is 0 Å². The first-order valence-electron chi connectivity index (χ1n) is 5.30. The standard InChI is InChI=1S/C12H20O3/c1-6-12(5)8-7-10(14-9(2)13)11(3,4)15-12/h6,10H,1,7-8H2,2-5H3/t10-,12-/m0/s1. The van der Waals surface area contributed by atoms with Gasteiger partial charge in [-0.05, 0) is 33.6 Å². The first kappa shape index (κ1) is 12.2. The van der Waals surface area contributed by atoms with Crippen LogP contribution in [-0.4, -0.2) is 23.3 Å². The number of ether oxygens (including phenoxy) is 2. The number of rotatable bonds is 2. The summed E-state index contributed by atoms with van der Waals surface area (Å²) in [6.07, 6.45) is 3.30. The van der Waals surface area contributed by atoms with Gasteiger partial charge in [0.05, 0.1) is 5.60 Å². The first-order valence-corrected chi connectivity index (χ1v) is 5.30. The van der Waals surface area contributed by atoms with Crippen LogP contribution in [0.15, 0.2) is 12.7 Å². The fraction of sp³-hybridized carbons (Fsp3) is 0.750. The lowest BCUT2D eigenvalue weighted by Gasteiger charge is -2.46. The van der Waals surface area contributed by atoms with Crippen molar-refractivity contribution in [1.82, 2.24) is 0 Å². The van der Waals surface area contributed by atoms with E-state index in [1.165, 1.54) is 6.92 Å². The van der Waals surface area contributed by atoms with Gasteiger partial charge in [0.25, 0.3) is 0 Å². The molecule has 0 aromatic carbocycles. The third-order valence-corrected chi connectivity index (χ3v) is 2.91. The highest BCUT2D eigenvalue weighted by Crippen LogP contribution is 2.37. The second-order valence-corrected chi connectivity index (χ2v) is 4.86. The summed E-state index contributed by atoms with van der Waals surface area (Å²) in [7, 11) is 0. The van der Waals surface area contributed by atoms with Gasteiger partial charge in [-0.15, -0.1) is 6.58 Å². The highest BCUT2D eigenvalue weighted by atomic mass is 16.6. The maximum atomic E-state index is 10.9. The molecule has 0 aromatic heterocycles. The quantitative estimate of drug-likeness (QED) is 0.521. The second kappa shape index (κ2) is 3.97. The number of esters is 1. The molecule has 0 spiro atoms. The highest BCUT2D eigenvalue weighted by Gasteiger charge is 2.43. The molecule has 0 bridgehead atoms. The Labute approximate surface area is 91.4 Å². The molecule has 0 aliphatic carbocycles. The molecule has 1 aliphatic heterocycles. The number of carbonyl (C=O) groups is 1. The van der Waals surface area contributed by atoms with Crippen LogP contribution in [0.25, 0.3) is 0 Å². The predicted molar refractivity (Wildman–Crippen MR) is 58.6 cm³/mol. The molecule has 0 unspecified atom stereocenters. The summed E-state index contributed by atoms with van der Waals surface area (Å²) in [4.78, 5) is 10.9. The maximum Gasteiger partial charge on any atom is 0.303 e. The van der Waals surface area contributed by atoms with Crippen molar-refractivity contribution in [3.05, 3.63) is 12.7 Å². The number of carbonyl (C=O) groups excluding carboxylic acids is 1. The van der Waals surface area contributed by atoms with Crippen molar-refractivity contribution in [2.24, 2.45) is 0 Å². The second-order valence-electron chi connectivity index (χ2n) is 4.86. The molecule has 1 aliphatic rings. The molecule has 0 saturated carbocycles. The SMILES string of the molecule is C=C[C@@]1(C)CC[C@H](OC(C)=O)C(C)(C)O1. The minimum absolute atomic E-state index is 0.164. The molecular formula is C12H20O3. The van der Waals surface area contributed by atoms with Crippen LogP contribution in [0.2, 0.25) is 0 Å². The molecule has 1 saturated heterocycles. The average molecular weight is 212 g/mol. The largest absolute Gasteiger partial charge is 0.460 e. The van der Waals surface area contributed by atoms with Crippen molar-refractivity contribution in [1.29, 1.82) is 0 Å². The molecular weight excluding hydrogens is 192 g/mol. The molecule has 1 rings (SSSR count). The lowest BCUT2D eigenvalue weighted by Crippen LogP contribution is -2.52. The van der Waals surface area contributed by atoms with Gasteiger partial charge >= 0.3 is 5.97 Å². The number of hydrogen-bond donors (Lipinski definition) is 0. The Bertz CT molecular complexity index is 270. The van der Waals surface area contributed by atoms with E-state index in [1.807, 2.05) is 26.8 Å². The fourth-order valence-corrected chi connectivity index (χ4v) is 2.03. The third kappa shape index (κ3) is 2.81. The van der Waals surface area contributed by atoms with Gasteiger partial charge in [0.2, 0.25) is 0 Å². The predicted octanol–water partition coefficient (Wildman–Crippen LogP) is 2.45. The summed E-state index contributed by atoms with van der Waals surface area (Å²) in [6, 6.07) is 0. The zero-order valence-corrected chi connectivity index (χ0v) is 10.0. The lowest BCUT2D eigenvalue weighted by atomic mass is 9.85. The van der Waals surface area contributed by atoms with Crippen LogP contribution >= 0.6 is 0 Å². The molecule has 2 atom stereocenters. The molecule has 3 nitrogen and oxygen atoms in total. The van der Waals surface area contributed by atoms with Gasteiger partial charge in [0.1, 0.15) is 11.7 Å². The fourth-order valence-electron chi connectivity index (χ4n) is 2.03. The van der Waals surface area contributed by atoms with E-state index in [0.29, 0.717) is 0 Å². The van der Waals surface area contributed by atoms with Crippen molar-refractivity contribution < 1.29 is 14.3 Å². The van der Waals surface area contributed by atoms with E-state index >= 15 is 0 Å². The molecule has 0 amide bonds. The Morgan fingerprint density at radius 1 is 1.53 bits per heavy atom. The van der Waals surface area contributed by atoms with Gasteiger partial charge < -0.3 is 9.47 Å². The van der Waals surface area contributed by atoms with Crippen LogP contribution in [0.3, 0.4) is 0 Å². The Kier molecular flexibility index (Phi) is 3.24. The summed E-state index contributed by atoms with van der Waals surface area (Å²) in [5.74, 6) is -0.251. The Morgan fingerprint density at radius 3 is 2.53 bits per heavy atom. The molecule has 3 heteroatoms. The van der Waals surface area contributed by atoms with Crippen molar-refractivity contribution in [3.8, 4) is 0 Å². The summed E-state index contributed by atoms with van der Waals surface area (Å²) in [5.41, 5.74) is -0.757. The monoisotopic (exact) mass is 212 g/mol. The minimum Gasteiger partial charge on any atom is -0.460 e. The third-order valence-electron chi connectivity index (χ3n) is 2.91. The van der Waals surface area contributed by atoms with Crippen molar-refractivity contribution >= 4 is 5.97 Å². The first-order chi connectivity index (χ1) is 6.79. The van der Waals surface area contributed by atoms with E-state index in [2.05, 4.69) is 6.58 Å². The lowest BCUT2D eigenvalue weighted by molar-refractivity contribution is -0.211. The van der Waals surface area contributed by atoms with Gasteiger partial charge in [0, 0.05) is 6.92 Å². The van der Waals surface area contributed by atoms with E-state index < -0.39 is 5.60 Å². The van der Waals surface area contributed by atoms with Crippen molar-refractivity contribution in [2.75, 3.05) is 0 Å². The normalized spacial score (nSPS) is 34.5. The maximum absolute atomic E-state index is 10.9. The van der Waals surface area contributed by atoms with Crippen LogP contribution in [0.5, 0.6) is 0 Å². The number of hydrogen-bond acceptors (Lipinski definition) is 3. The molecule has 0 radical (unpaired) electrons. The minimum atomic E-state index is -0.452. The van der Waals surface area contributed by atoms with Gasteiger partial charge in [-0.2, -0.15) is 0 Å². The molecule has 1 fully saturated rings. The summed E-state index contributed by atoms with van der Waals surface area (Å²) in [6.45, 7) is 11.1. The van der Waals surface area contributed by atoms with Crippen LogP contribution in [0.4, 0.5) is 0 Å². The molecule has 15 heavy (non-hydrogen) atoms. The summed E-state index contributed by atoms with van der Waals surface area (Å²) < 4.78 is 11.2. The van der Waals surface area contributed by atoms with E-state index in [9.17, 15) is 4.79 Å². The van der Waals surface area contributed by atoms with Crippen LogP contribution in [-0.2, 0) is 14.3 Å². The Morgan fingerprint density at radius 2 is 2.13 bits per heavy atom. The topological polar surface area (TPSA) is 35.5 Å². The molecule has 0 N–H and O–H groups in total. The van der Waals surface area contributed by atoms with E-state index in [-0.39, 0.29) is 17.7 Å². The average Bonchev–Trinajstić information content (AvgIpc) is 2.09. The summed E-state index contributed by atoms with van der Waals surface area (Å²) in [5, 5.41) is 0.